The molecule has 4 aromatic heterocycles. The summed E-state index contributed by atoms with van der Waals surface area (Å²) < 4.78 is 58.1. The van der Waals surface area contributed by atoms with Crippen molar-refractivity contribution < 1.29 is 15.7 Å². The van der Waals surface area contributed by atoms with E-state index in [9.17, 15) is 0 Å². The lowest BCUT2D eigenvalue weighted by atomic mass is 9.99. The van der Waals surface area contributed by atoms with Crippen LogP contribution in [0.2, 0.25) is 0 Å². The SMILES string of the molecule is [2H]c1c([2H])c([2H])c(-c2nc(-c3cccc4oc5ccccc5c34)nc(-c3cccc4oc5cc(-n6c7ccccc7c7c(-c8ccccc8)cccc76)ccc5c34)n2)c([2H])c1[2H]. The highest BCUT2D eigenvalue weighted by Gasteiger charge is 2.22. The second kappa shape index (κ2) is 12.3. The third-order valence-electron chi connectivity index (χ3n) is 10.8. The minimum Gasteiger partial charge on any atom is -0.456 e. The number of nitrogens with zero attached hydrogens (tertiary/aromatic N) is 4. The molecular weight excluding hydrogens is 701 g/mol. The van der Waals surface area contributed by atoms with Crippen LogP contribution in [0.25, 0.3) is 117 Å². The Bertz CT molecular complexity index is 3810. The van der Waals surface area contributed by atoms with E-state index in [0.717, 1.165) is 54.8 Å². The average Bonchev–Trinajstić information content (AvgIpc) is 4.00. The number of aromatic nitrogens is 4. The molecule has 0 saturated heterocycles. The van der Waals surface area contributed by atoms with Crippen molar-refractivity contribution in [3.8, 4) is 51.0 Å². The molecule has 0 aliphatic carbocycles. The van der Waals surface area contributed by atoms with E-state index in [2.05, 4.69) is 89.5 Å². The number of fused-ring (bicyclic) bond motifs is 9. The van der Waals surface area contributed by atoms with Crippen LogP contribution in [0.1, 0.15) is 6.85 Å². The van der Waals surface area contributed by atoms with Gasteiger partial charge < -0.3 is 13.4 Å². The zero-order chi connectivity index (χ0) is 41.8. The van der Waals surface area contributed by atoms with Gasteiger partial charge in [-0.3, -0.25) is 0 Å². The van der Waals surface area contributed by atoms with Gasteiger partial charge in [0.2, 0.25) is 0 Å². The molecule has 0 aliphatic heterocycles. The summed E-state index contributed by atoms with van der Waals surface area (Å²) in [6.07, 6.45) is 0. The molecule has 12 rings (SSSR count). The van der Waals surface area contributed by atoms with E-state index >= 15 is 0 Å². The predicted molar refractivity (Wildman–Crippen MR) is 230 cm³/mol. The fourth-order valence-corrected chi connectivity index (χ4v) is 8.35. The molecular formula is C51H30N4O2. The maximum atomic E-state index is 8.88. The van der Waals surface area contributed by atoms with Crippen molar-refractivity contribution in [1.29, 1.82) is 0 Å². The zero-order valence-electron chi connectivity index (χ0n) is 35.0. The summed E-state index contributed by atoms with van der Waals surface area (Å²) in [7, 11) is 0. The van der Waals surface area contributed by atoms with Crippen molar-refractivity contribution in [1.82, 2.24) is 19.5 Å². The summed E-state index contributed by atoms with van der Waals surface area (Å²) >= 11 is 0. The molecule has 0 amide bonds. The summed E-state index contributed by atoms with van der Waals surface area (Å²) in [5.74, 6) is 0.442. The molecule has 4 heterocycles. The van der Waals surface area contributed by atoms with Gasteiger partial charge in [0.1, 0.15) is 22.3 Å². The van der Waals surface area contributed by atoms with Gasteiger partial charge in [-0.05, 0) is 53.6 Å². The number of furan rings is 2. The van der Waals surface area contributed by atoms with Crippen LogP contribution in [0, 0.1) is 0 Å². The van der Waals surface area contributed by atoms with Crippen molar-refractivity contribution in [2.45, 2.75) is 0 Å². The minimum absolute atomic E-state index is 0.0554. The second-order valence-corrected chi connectivity index (χ2v) is 14.0. The Morgan fingerprint density at radius 1 is 0.404 bits per heavy atom. The van der Waals surface area contributed by atoms with Gasteiger partial charge in [-0.2, -0.15) is 0 Å². The van der Waals surface area contributed by atoms with Gasteiger partial charge in [-0.1, -0.05) is 133 Å². The molecule has 0 saturated carbocycles. The van der Waals surface area contributed by atoms with Crippen LogP contribution < -0.4 is 0 Å². The Morgan fingerprint density at radius 2 is 0.982 bits per heavy atom. The fourth-order valence-electron chi connectivity index (χ4n) is 8.35. The van der Waals surface area contributed by atoms with Crippen molar-refractivity contribution in [2.75, 3.05) is 0 Å². The maximum Gasteiger partial charge on any atom is 0.164 e. The Balaban J connectivity index is 1.09. The summed E-state index contributed by atoms with van der Waals surface area (Å²) in [4.78, 5) is 14.8. The van der Waals surface area contributed by atoms with Crippen molar-refractivity contribution in [3.63, 3.8) is 0 Å². The molecule has 6 heteroatoms. The van der Waals surface area contributed by atoms with E-state index < -0.39 is 30.2 Å². The number of para-hydroxylation sites is 2. The molecule has 0 radical (unpaired) electrons. The highest BCUT2D eigenvalue weighted by molar-refractivity contribution is 6.17. The van der Waals surface area contributed by atoms with Crippen molar-refractivity contribution in [2.24, 2.45) is 0 Å². The summed E-state index contributed by atoms with van der Waals surface area (Å²) in [6, 6.07) is 48.3. The molecule has 0 atom stereocenters. The van der Waals surface area contributed by atoms with E-state index in [-0.39, 0.29) is 23.0 Å². The van der Waals surface area contributed by atoms with Crippen LogP contribution in [-0.2, 0) is 0 Å². The normalized spacial score (nSPS) is 13.1. The summed E-state index contributed by atoms with van der Waals surface area (Å²) in [6.45, 7) is 0. The van der Waals surface area contributed by atoms with Gasteiger partial charge >= 0.3 is 0 Å². The number of benzene rings is 8. The van der Waals surface area contributed by atoms with Crippen LogP contribution in [0.3, 0.4) is 0 Å². The van der Waals surface area contributed by atoms with Crippen LogP contribution in [0.15, 0.2) is 191 Å². The van der Waals surface area contributed by atoms with Crippen LogP contribution in [0.5, 0.6) is 0 Å². The lowest BCUT2D eigenvalue weighted by molar-refractivity contribution is 0.668. The fraction of sp³-hybridized carbons (Fsp3) is 0. The average molecular weight is 736 g/mol. The first-order valence-corrected chi connectivity index (χ1v) is 18.6. The van der Waals surface area contributed by atoms with Gasteiger partial charge in [0.05, 0.1) is 17.9 Å². The molecule has 8 aromatic carbocycles. The monoisotopic (exact) mass is 735 g/mol. The standard InChI is InChI=1S/C51H30N4O2/c1-3-14-31(15-4-1)34-20-11-24-41-46(34)35-18-7-9-23-40(35)55(41)33-28-29-37-45(30-33)57-44-27-13-22-39(48(37)44)51-53-49(32-16-5-2-6-17-32)52-50(54-51)38-21-12-26-43-47(38)36-19-8-10-25-42(36)56-43/h1-30H/i2D,5D,6D,16D,17D. The van der Waals surface area contributed by atoms with Crippen LogP contribution >= 0.6 is 0 Å². The first-order valence-electron chi connectivity index (χ1n) is 21.1. The third kappa shape index (κ3) is 4.87. The summed E-state index contributed by atoms with van der Waals surface area (Å²) in [5.41, 5.74) is 9.11. The number of hydrogen-bond acceptors (Lipinski definition) is 5. The largest absolute Gasteiger partial charge is 0.456 e. The van der Waals surface area contributed by atoms with Gasteiger partial charge in [-0.25, -0.2) is 15.0 Å². The molecule has 0 fully saturated rings. The first kappa shape index (κ1) is 26.9. The summed E-state index contributed by atoms with van der Waals surface area (Å²) in [5, 5.41) is 5.56. The zero-order valence-corrected chi connectivity index (χ0v) is 30.0. The smallest absolute Gasteiger partial charge is 0.164 e. The van der Waals surface area contributed by atoms with Crippen molar-refractivity contribution >= 4 is 65.7 Å². The van der Waals surface area contributed by atoms with Gasteiger partial charge in [0.15, 0.2) is 17.5 Å². The highest BCUT2D eigenvalue weighted by atomic mass is 16.3. The predicted octanol–water partition coefficient (Wildman–Crippen LogP) is 13.4. The molecule has 266 valence electrons. The molecule has 0 unspecified atom stereocenters. The number of hydrogen-bond donors (Lipinski definition) is 0. The van der Waals surface area contributed by atoms with E-state index in [1.165, 1.54) is 5.39 Å². The van der Waals surface area contributed by atoms with Crippen LogP contribution in [0.4, 0.5) is 0 Å². The Hall–Kier alpha value is -7.83. The quantitative estimate of drug-likeness (QED) is 0.176. The molecule has 0 spiro atoms. The van der Waals surface area contributed by atoms with E-state index in [0.29, 0.717) is 33.5 Å². The molecule has 6 nitrogen and oxygen atoms in total. The van der Waals surface area contributed by atoms with Crippen LogP contribution in [-0.4, -0.2) is 19.5 Å². The van der Waals surface area contributed by atoms with E-state index in [1.54, 1.807) is 0 Å². The maximum absolute atomic E-state index is 8.88. The second-order valence-electron chi connectivity index (χ2n) is 14.0. The Morgan fingerprint density at radius 3 is 1.75 bits per heavy atom. The number of rotatable bonds is 5. The topological polar surface area (TPSA) is 69.9 Å². The molecule has 12 aromatic rings. The van der Waals surface area contributed by atoms with Gasteiger partial charge in [0.25, 0.3) is 0 Å². The van der Waals surface area contributed by atoms with E-state index in [1.807, 2.05) is 66.7 Å². The molecule has 0 aliphatic rings. The minimum atomic E-state index is -0.501. The lowest BCUT2D eigenvalue weighted by Gasteiger charge is -2.10. The lowest BCUT2D eigenvalue weighted by Crippen LogP contribution is -2.00. The Labute approximate surface area is 332 Å². The van der Waals surface area contributed by atoms with Gasteiger partial charge in [-0.15, -0.1) is 0 Å². The van der Waals surface area contributed by atoms with Crippen molar-refractivity contribution in [3.05, 3.63) is 182 Å². The first-order chi connectivity index (χ1) is 30.3. The Kier molecular flexibility index (Phi) is 5.82. The van der Waals surface area contributed by atoms with E-state index in [4.69, 9.17) is 30.6 Å². The highest BCUT2D eigenvalue weighted by Crippen LogP contribution is 2.42. The third-order valence-corrected chi connectivity index (χ3v) is 10.8. The van der Waals surface area contributed by atoms with Gasteiger partial charge in [0, 0.05) is 60.8 Å². The molecule has 0 N–H and O–H groups in total. The molecule has 57 heavy (non-hydrogen) atoms. The molecule has 0 bridgehead atoms.